The molecule has 1 aromatic carbocycles. The number of nitrogens with zero attached hydrogens (tertiary/aromatic N) is 2. The Morgan fingerprint density at radius 2 is 2.33 bits per heavy atom. The van der Waals surface area contributed by atoms with E-state index in [0.29, 0.717) is 13.1 Å². The summed E-state index contributed by atoms with van der Waals surface area (Å²) < 4.78 is 5.28. The topological polar surface area (TPSA) is 111 Å². The van der Waals surface area contributed by atoms with Gasteiger partial charge in [-0.2, -0.15) is 0 Å². The molecule has 21 heavy (non-hydrogen) atoms. The molecule has 114 valence electrons. The minimum Gasteiger partial charge on any atom is -0.380 e. The van der Waals surface area contributed by atoms with Gasteiger partial charge in [-0.25, -0.2) is 0 Å². The number of nitrogens with one attached hydrogen (secondary N) is 1. The van der Waals surface area contributed by atoms with Crippen LogP contribution in [0, 0.1) is 10.1 Å². The zero-order chi connectivity index (χ0) is 15.4. The number of nitro groups is 1. The lowest BCUT2D eigenvalue weighted by molar-refractivity contribution is -0.384. The maximum absolute atomic E-state index is 12.4. The number of ether oxygens (including phenoxy) is 1. The molecular formula is C13H18N4O4. The molecule has 0 bridgehead atoms. The van der Waals surface area contributed by atoms with Gasteiger partial charge in [0, 0.05) is 31.8 Å². The molecule has 1 aliphatic heterocycles. The number of carbonyl (C=O) groups is 1. The molecule has 0 spiro atoms. The standard InChI is InChI=1S/C13H18N4O4/c1-21-10-3-2-6-16(8-10)13(18)9-4-5-11(15-14)12(7-9)17(19)20/h4-5,7,10,15H,2-3,6,8,14H2,1H3. The van der Waals surface area contributed by atoms with E-state index in [2.05, 4.69) is 5.43 Å². The number of anilines is 1. The van der Waals surface area contributed by atoms with Crippen LogP contribution >= 0.6 is 0 Å². The Bertz CT molecular complexity index is 549. The van der Waals surface area contributed by atoms with Gasteiger partial charge in [0.1, 0.15) is 5.69 Å². The lowest BCUT2D eigenvalue weighted by Crippen LogP contribution is -2.42. The fraction of sp³-hybridized carbons (Fsp3) is 0.462. The molecule has 1 amide bonds. The largest absolute Gasteiger partial charge is 0.380 e. The van der Waals surface area contributed by atoms with Crippen molar-refractivity contribution in [1.29, 1.82) is 0 Å². The highest BCUT2D eigenvalue weighted by atomic mass is 16.6. The van der Waals surface area contributed by atoms with Crippen LogP contribution in [0.25, 0.3) is 0 Å². The number of carbonyl (C=O) groups excluding carboxylic acids is 1. The number of likely N-dealkylation sites (tertiary alicyclic amines) is 1. The van der Waals surface area contributed by atoms with E-state index in [1.165, 1.54) is 18.2 Å². The van der Waals surface area contributed by atoms with Crippen molar-refractivity contribution in [2.45, 2.75) is 18.9 Å². The van der Waals surface area contributed by atoms with Gasteiger partial charge in [0.15, 0.2) is 0 Å². The Morgan fingerprint density at radius 1 is 1.57 bits per heavy atom. The van der Waals surface area contributed by atoms with Crippen LogP contribution in [0.3, 0.4) is 0 Å². The van der Waals surface area contributed by atoms with Crippen molar-refractivity contribution < 1.29 is 14.5 Å². The first-order valence-electron chi connectivity index (χ1n) is 6.64. The summed E-state index contributed by atoms with van der Waals surface area (Å²) in [5.41, 5.74) is 2.48. The van der Waals surface area contributed by atoms with Gasteiger partial charge in [0.25, 0.3) is 11.6 Å². The third kappa shape index (κ3) is 3.29. The molecule has 1 aromatic rings. The first kappa shape index (κ1) is 15.2. The Morgan fingerprint density at radius 3 is 2.95 bits per heavy atom. The number of benzene rings is 1. The number of nitro benzene ring substituents is 1. The van der Waals surface area contributed by atoms with Gasteiger partial charge in [-0.3, -0.25) is 20.8 Å². The molecule has 1 saturated heterocycles. The van der Waals surface area contributed by atoms with Gasteiger partial charge >= 0.3 is 0 Å². The van der Waals surface area contributed by atoms with Crippen molar-refractivity contribution in [2.24, 2.45) is 5.84 Å². The number of nitrogens with two attached hydrogens (primary N) is 1. The number of hydrogen-bond acceptors (Lipinski definition) is 6. The van der Waals surface area contributed by atoms with Crippen molar-refractivity contribution in [1.82, 2.24) is 4.90 Å². The van der Waals surface area contributed by atoms with Crippen molar-refractivity contribution >= 4 is 17.3 Å². The second-order valence-corrected chi connectivity index (χ2v) is 4.88. The molecule has 3 N–H and O–H groups in total. The van der Waals surface area contributed by atoms with Gasteiger partial charge in [0.05, 0.1) is 11.0 Å². The molecule has 0 aromatic heterocycles. The lowest BCUT2D eigenvalue weighted by Gasteiger charge is -2.32. The van der Waals surface area contributed by atoms with Gasteiger partial charge in [-0.1, -0.05) is 0 Å². The Labute approximate surface area is 122 Å². The van der Waals surface area contributed by atoms with E-state index in [0.717, 1.165) is 12.8 Å². The van der Waals surface area contributed by atoms with Crippen molar-refractivity contribution in [3.8, 4) is 0 Å². The molecule has 1 unspecified atom stereocenters. The minimum atomic E-state index is -0.569. The number of rotatable bonds is 4. The Balaban J connectivity index is 2.23. The second-order valence-electron chi connectivity index (χ2n) is 4.88. The number of piperidine rings is 1. The number of methoxy groups -OCH3 is 1. The number of amides is 1. The van der Waals surface area contributed by atoms with Gasteiger partial charge in [-0.15, -0.1) is 0 Å². The fourth-order valence-corrected chi connectivity index (χ4v) is 2.44. The first-order valence-corrected chi connectivity index (χ1v) is 6.64. The molecule has 8 heteroatoms. The average molecular weight is 294 g/mol. The summed E-state index contributed by atoms with van der Waals surface area (Å²) in [6.07, 6.45) is 1.79. The summed E-state index contributed by atoms with van der Waals surface area (Å²) in [5.74, 6) is 4.99. The maximum atomic E-state index is 12.4. The SMILES string of the molecule is COC1CCCN(C(=O)c2ccc(NN)c([N+](=O)[O-])c2)C1. The molecule has 2 rings (SSSR count). The minimum absolute atomic E-state index is 0.0164. The number of hydrogen-bond donors (Lipinski definition) is 2. The number of hydrazine groups is 1. The Hall–Kier alpha value is -2.19. The molecule has 8 nitrogen and oxygen atoms in total. The van der Waals surface area contributed by atoms with Crippen molar-refractivity contribution in [3.05, 3.63) is 33.9 Å². The van der Waals surface area contributed by atoms with E-state index in [9.17, 15) is 14.9 Å². The highest BCUT2D eigenvalue weighted by Gasteiger charge is 2.26. The van der Waals surface area contributed by atoms with E-state index >= 15 is 0 Å². The van der Waals surface area contributed by atoms with E-state index in [4.69, 9.17) is 10.6 Å². The fourth-order valence-electron chi connectivity index (χ4n) is 2.44. The predicted molar refractivity (Wildman–Crippen MR) is 76.8 cm³/mol. The molecule has 1 aliphatic rings. The normalized spacial score (nSPS) is 18.4. The third-order valence-electron chi connectivity index (χ3n) is 3.60. The monoisotopic (exact) mass is 294 g/mol. The lowest BCUT2D eigenvalue weighted by atomic mass is 10.1. The highest BCUT2D eigenvalue weighted by Crippen LogP contribution is 2.26. The van der Waals surface area contributed by atoms with Crippen LogP contribution in [-0.2, 0) is 4.74 Å². The summed E-state index contributed by atoms with van der Waals surface area (Å²) in [4.78, 5) is 24.5. The molecule has 0 radical (unpaired) electrons. The molecule has 0 saturated carbocycles. The van der Waals surface area contributed by atoms with Gasteiger partial charge < -0.3 is 15.1 Å². The van der Waals surface area contributed by atoms with Crippen LogP contribution in [0.15, 0.2) is 18.2 Å². The van der Waals surface area contributed by atoms with Crippen LogP contribution in [0.1, 0.15) is 23.2 Å². The third-order valence-corrected chi connectivity index (χ3v) is 3.60. The van der Waals surface area contributed by atoms with Crippen molar-refractivity contribution in [3.63, 3.8) is 0 Å². The molecule has 1 fully saturated rings. The van der Waals surface area contributed by atoms with E-state index in [1.54, 1.807) is 12.0 Å². The summed E-state index contributed by atoms with van der Waals surface area (Å²) in [6, 6.07) is 4.21. The van der Waals surface area contributed by atoms with Gasteiger partial charge in [0.2, 0.25) is 0 Å². The van der Waals surface area contributed by atoms with Crippen molar-refractivity contribution in [2.75, 3.05) is 25.6 Å². The smallest absolute Gasteiger partial charge is 0.294 e. The summed E-state index contributed by atoms with van der Waals surface area (Å²) in [5, 5.41) is 11.0. The first-order chi connectivity index (χ1) is 10.1. The molecule has 1 heterocycles. The van der Waals surface area contributed by atoms with E-state index in [-0.39, 0.29) is 28.9 Å². The van der Waals surface area contributed by atoms with Crippen LogP contribution in [0.4, 0.5) is 11.4 Å². The summed E-state index contributed by atoms with van der Waals surface area (Å²) in [7, 11) is 1.62. The molecule has 1 atom stereocenters. The van der Waals surface area contributed by atoms with Crippen LogP contribution in [0.2, 0.25) is 0 Å². The van der Waals surface area contributed by atoms with Crippen LogP contribution < -0.4 is 11.3 Å². The zero-order valence-electron chi connectivity index (χ0n) is 11.7. The molecule has 0 aliphatic carbocycles. The average Bonchev–Trinajstić information content (AvgIpc) is 2.53. The number of nitrogen functional groups attached to an aromatic ring is 1. The van der Waals surface area contributed by atoms with E-state index in [1.807, 2.05) is 0 Å². The highest BCUT2D eigenvalue weighted by molar-refractivity contribution is 5.95. The maximum Gasteiger partial charge on any atom is 0.294 e. The second kappa shape index (κ2) is 6.51. The zero-order valence-corrected chi connectivity index (χ0v) is 11.7. The van der Waals surface area contributed by atoms with Crippen LogP contribution in [-0.4, -0.2) is 42.0 Å². The predicted octanol–water partition coefficient (Wildman–Crippen LogP) is 1.13. The summed E-state index contributed by atoms with van der Waals surface area (Å²) >= 11 is 0. The Kier molecular flexibility index (Phi) is 4.71. The summed E-state index contributed by atoms with van der Waals surface area (Å²) in [6.45, 7) is 1.13. The molecular weight excluding hydrogens is 276 g/mol. The van der Waals surface area contributed by atoms with Gasteiger partial charge in [-0.05, 0) is 25.0 Å². The quantitative estimate of drug-likeness (QED) is 0.489. The van der Waals surface area contributed by atoms with Crippen LogP contribution in [0.5, 0.6) is 0 Å². The van der Waals surface area contributed by atoms with E-state index < -0.39 is 4.92 Å².